The molecule has 2 heterocycles. The second-order valence-electron chi connectivity index (χ2n) is 7.84. The first-order chi connectivity index (χ1) is 14.6. The zero-order chi connectivity index (χ0) is 22.9. The summed E-state index contributed by atoms with van der Waals surface area (Å²) in [5.74, 6) is -2.65. The average Bonchev–Trinajstić information content (AvgIpc) is 3.06. The molecule has 2 aromatic heterocycles. The predicted molar refractivity (Wildman–Crippen MR) is 113 cm³/mol. The molecule has 3 N–H and O–H groups in total. The Hall–Kier alpha value is -3.62. The van der Waals surface area contributed by atoms with Crippen LogP contribution in [0.4, 0.5) is 0 Å². The summed E-state index contributed by atoms with van der Waals surface area (Å²) in [6, 6.07) is 2.45. The van der Waals surface area contributed by atoms with Gasteiger partial charge in [-0.3, -0.25) is 9.59 Å². The van der Waals surface area contributed by atoms with E-state index in [-0.39, 0.29) is 17.9 Å². The van der Waals surface area contributed by atoms with Gasteiger partial charge in [-0.25, -0.2) is 9.59 Å². The molecule has 1 aromatic carbocycles. The molecule has 31 heavy (non-hydrogen) atoms. The maximum Gasteiger partial charge on any atom is 0.340 e. The summed E-state index contributed by atoms with van der Waals surface area (Å²) in [7, 11) is 0. The number of carboxylic acid groups (broad SMARTS) is 1. The number of amides is 2. The fraction of sp³-hybridized carbons (Fsp3) is 0.364. The van der Waals surface area contributed by atoms with Crippen LogP contribution in [0.3, 0.4) is 0 Å². The summed E-state index contributed by atoms with van der Waals surface area (Å²) in [4.78, 5) is 47.9. The van der Waals surface area contributed by atoms with Gasteiger partial charge in [0.05, 0.1) is 24.8 Å². The molecule has 1 unspecified atom stereocenters. The number of furan rings is 1. The molecule has 9 nitrogen and oxygen atoms in total. The number of carboxylic acids is 1. The Balaban J connectivity index is 1.75. The Morgan fingerprint density at radius 3 is 2.42 bits per heavy atom. The van der Waals surface area contributed by atoms with Crippen LogP contribution in [0.2, 0.25) is 0 Å². The molecule has 0 aliphatic carbocycles. The third-order valence-corrected chi connectivity index (χ3v) is 5.21. The smallest absolute Gasteiger partial charge is 0.340 e. The van der Waals surface area contributed by atoms with Crippen molar-refractivity contribution in [1.29, 1.82) is 0 Å². The van der Waals surface area contributed by atoms with Crippen LogP contribution in [0.25, 0.3) is 21.9 Å². The minimum Gasteiger partial charge on any atom is -0.480 e. The fourth-order valence-electron chi connectivity index (χ4n) is 3.38. The lowest BCUT2D eigenvalue weighted by Crippen LogP contribution is -2.48. The summed E-state index contributed by atoms with van der Waals surface area (Å²) < 4.78 is 10.8. The van der Waals surface area contributed by atoms with Crippen LogP contribution in [-0.2, 0) is 20.8 Å². The number of nitrogens with one attached hydrogen (secondary N) is 2. The van der Waals surface area contributed by atoms with E-state index >= 15 is 0 Å². The molecule has 0 saturated heterocycles. The molecule has 9 heteroatoms. The zero-order valence-electron chi connectivity index (χ0n) is 17.7. The van der Waals surface area contributed by atoms with Gasteiger partial charge in [-0.1, -0.05) is 13.8 Å². The van der Waals surface area contributed by atoms with Crippen molar-refractivity contribution in [2.24, 2.45) is 5.92 Å². The highest BCUT2D eigenvalue weighted by molar-refractivity contribution is 5.97. The van der Waals surface area contributed by atoms with Gasteiger partial charge in [0, 0.05) is 16.8 Å². The number of fused-ring (bicyclic) bond motifs is 2. The quantitative estimate of drug-likeness (QED) is 0.489. The van der Waals surface area contributed by atoms with E-state index in [0.717, 1.165) is 10.9 Å². The molecular weight excluding hydrogens is 404 g/mol. The van der Waals surface area contributed by atoms with E-state index in [1.54, 1.807) is 33.1 Å². The topological polar surface area (TPSA) is 139 Å². The predicted octanol–water partition coefficient (Wildman–Crippen LogP) is 2.04. The first-order valence-electron chi connectivity index (χ1n) is 9.81. The van der Waals surface area contributed by atoms with Crippen molar-refractivity contribution in [2.75, 3.05) is 6.54 Å². The van der Waals surface area contributed by atoms with Gasteiger partial charge in [0.2, 0.25) is 11.8 Å². The van der Waals surface area contributed by atoms with E-state index in [9.17, 15) is 19.2 Å². The lowest BCUT2D eigenvalue weighted by molar-refractivity contribution is -0.143. The van der Waals surface area contributed by atoms with Crippen molar-refractivity contribution in [2.45, 2.75) is 40.2 Å². The average molecular weight is 428 g/mol. The molecule has 0 spiro atoms. The van der Waals surface area contributed by atoms with Gasteiger partial charge < -0.3 is 24.6 Å². The van der Waals surface area contributed by atoms with E-state index < -0.39 is 36.0 Å². The number of aliphatic carboxylic acids is 1. The molecule has 0 radical (unpaired) electrons. The van der Waals surface area contributed by atoms with Gasteiger partial charge in [-0.05, 0) is 37.0 Å². The van der Waals surface area contributed by atoms with Gasteiger partial charge >= 0.3 is 11.6 Å². The lowest BCUT2D eigenvalue weighted by Gasteiger charge is -2.18. The molecule has 3 rings (SSSR count). The molecule has 0 fully saturated rings. The van der Waals surface area contributed by atoms with Crippen molar-refractivity contribution in [1.82, 2.24) is 10.6 Å². The highest BCUT2D eigenvalue weighted by Gasteiger charge is 2.23. The third kappa shape index (κ3) is 4.60. The second-order valence-corrected chi connectivity index (χ2v) is 7.84. The number of hydrogen-bond acceptors (Lipinski definition) is 6. The van der Waals surface area contributed by atoms with Crippen LogP contribution < -0.4 is 16.3 Å². The molecule has 0 saturated carbocycles. The highest BCUT2D eigenvalue weighted by atomic mass is 16.4. The van der Waals surface area contributed by atoms with Gasteiger partial charge in [-0.2, -0.15) is 0 Å². The van der Waals surface area contributed by atoms with Crippen LogP contribution in [0.1, 0.15) is 30.5 Å². The van der Waals surface area contributed by atoms with Crippen LogP contribution >= 0.6 is 0 Å². The van der Waals surface area contributed by atoms with Crippen LogP contribution in [0.15, 0.2) is 32.0 Å². The molecule has 1 atom stereocenters. The Kier molecular flexibility index (Phi) is 6.14. The first-order valence-corrected chi connectivity index (χ1v) is 9.81. The molecule has 164 valence electrons. The number of aryl methyl sites for hydroxylation is 2. The van der Waals surface area contributed by atoms with Gasteiger partial charge in [0.15, 0.2) is 0 Å². The van der Waals surface area contributed by atoms with Gasteiger partial charge in [0.25, 0.3) is 0 Å². The molecular formula is C22H24N2O7. The van der Waals surface area contributed by atoms with E-state index in [1.807, 2.05) is 13.0 Å². The van der Waals surface area contributed by atoms with E-state index in [2.05, 4.69) is 10.6 Å². The monoisotopic (exact) mass is 428 g/mol. The number of carbonyl (C=O) groups excluding carboxylic acids is 2. The highest BCUT2D eigenvalue weighted by Crippen LogP contribution is 2.28. The van der Waals surface area contributed by atoms with Crippen molar-refractivity contribution >= 4 is 39.7 Å². The summed E-state index contributed by atoms with van der Waals surface area (Å²) in [6.07, 6.45) is 1.34. The van der Waals surface area contributed by atoms with Crippen LogP contribution in [-0.4, -0.2) is 35.5 Å². The molecule has 0 aliphatic rings. The van der Waals surface area contributed by atoms with Crippen molar-refractivity contribution in [3.63, 3.8) is 0 Å². The normalized spacial score (nSPS) is 12.3. The molecule has 2 amide bonds. The lowest BCUT2D eigenvalue weighted by atomic mass is 10.0. The van der Waals surface area contributed by atoms with E-state index in [0.29, 0.717) is 22.1 Å². The summed E-state index contributed by atoms with van der Waals surface area (Å²) in [5.41, 5.74) is 2.06. The minimum atomic E-state index is -1.15. The minimum absolute atomic E-state index is 0.191. The summed E-state index contributed by atoms with van der Waals surface area (Å²) in [5, 5.41) is 15.5. The van der Waals surface area contributed by atoms with E-state index in [4.69, 9.17) is 13.9 Å². The molecule has 0 aliphatic heterocycles. The maximum atomic E-state index is 12.4. The summed E-state index contributed by atoms with van der Waals surface area (Å²) in [6.45, 7) is 6.56. The van der Waals surface area contributed by atoms with Crippen molar-refractivity contribution in [3.05, 3.63) is 45.5 Å². The largest absolute Gasteiger partial charge is 0.480 e. The number of hydrogen-bond donors (Lipinski definition) is 3. The Bertz CT molecular complexity index is 1240. The first kappa shape index (κ1) is 22.1. The molecule has 3 aromatic rings. The SMILES string of the molecule is Cc1coc2cc3oc(=O)c(CC(=O)NCC(=O)NC(C(=O)O)C(C)C)c(C)c3cc12. The standard InChI is InChI=1S/C22H24N2O7/c1-10(2)20(21(27)28)24-19(26)8-23-18(25)6-15-12(4)14-5-13-11(3)9-30-16(13)7-17(14)31-22(15)29/h5,7,9-10,20H,6,8H2,1-4H3,(H,23,25)(H,24,26)(H,27,28). The van der Waals surface area contributed by atoms with Crippen molar-refractivity contribution in [3.8, 4) is 0 Å². The van der Waals surface area contributed by atoms with Crippen molar-refractivity contribution < 1.29 is 28.3 Å². The van der Waals surface area contributed by atoms with Gasteiger partial charge in [0.1, 0.15) is 17.2 Å². The van der Waals surface area contributed by atoms with Gasteiger partial charge in [-0.15, -0.1) is 0 Å². The maximum absolute atomic E-state index is 12.4. The number of rotatable bonds is 7. The Morgan fingerprint density at radius 1 is 1.06 bits per heavy atom. The summed E-state index contributed by atoms with van der Waals surface area (Å²) >= 11 is 0. The van der Waals surface area contributed by atoms with E-state index in [1.165, 1.54) is 0 Å². The number of carbonyl (C=O) groups is 3. The number of benzene rings is 1. The molecule has 0 bridgehead atoms. The second kappa shape index (κ2) is 8.63. The fourth-order valence-corrected chi connectivity index (χ4v) is 3.38. The zero-order valence-corrected chi connectivity index (χ0v) is 17.7. The van der Waals surface area contributed by atoms with Crippen LogP contribution in [0.5, 0.6) is 0 Å². The Morgan fingerprint density at radius 2 is 1.77 bits per heavy atom. The van der Waals surface area contributed by atoms with Crippen LogP contribution in [0, 0.1) is 19.8 Å². The third-order valence-electron chi connectivity index (χ3n) is 5.21. The Labute approximate surface area is 177 Å².